The van der Waals surface area contributed by atoms with E-state index in [4.69, 9.17) is 4.74 Å². The van der Waals surface area contributed by atoms with Gasteiger partial charge in [0.15, 0.2) is 0 Å². The van der Waals surface area contributed by atoms with Gasteiger partial charge in [-0.3, -0.25) is 4.79 Å². The summed E-state index contributed by atoms with van der Waals surface area (Å²) in [4.78, 5) is 10.5. The Morgan fingerprint density at radius 3 is 2.36 bits per heavy atom. The SMILES string of the molecule is O=COC1(c2ccccc2)CCCC1. The van der Waals surface area contributed by atoms with Crippen LogP contribution in [0.4, 0.5) is 0 Å². The second-order valence-electron chi connectivity index (χ2n) is 3.78. The van der Waals surface area contributed by atoms with Gasteiger partial charge in [0.25, 0.3) is 6.47 Å². The van der Waals surface area contributed by atoms with Gasteiger partial charge in [-0.2, -0.15) is 0 Å². The number of hydrogen-bond acceptors (Lipinski definition) is 2. The molecule has 0 saturated heterocycles. The predicted molar refractivity (Wildman–Crippen MR) is 53.7 cm³/mol. The second-order valence-corrected chi connectivity index (χ2v) is 3.78. The molecule has 14 heavy (non-hydrogen) atoms. The molecule has 0 aromatic heterocycles. The van der Waals surface area contributed by atoms with Gasteiger partial charge in [0.2, 0.25) is 0 Å². The van der Waals surface area contributed by atoms with Gasteiger partial charge in [-0.1, -0.05) is 30.3 Å². The summed E-state index contributed by atoms with van der Waals surface area (Å²) in [5.41, 5.74) is 0.799. The first-order chi connectivity index (χ1) is 6.87. The molecule has 2 heteroatoms. The average molecular weight is 190 g/mol. The zero-order valence-corrected chi connectivity index (χ0v) is 8.11. The lowest BCUT2D eigenvalue weighted by atomic mass is 9.92. The van der Waals surface area contributed by atoms with Crippen molar-refractivity contribution in [3.8, 4) is 0 Å². The molecule has 0 aliphatic heterocycles. The van der Waals surface area contributed by atoms with Gasteiger partial charge in [0.05, 0.1) is 0 Å². The summed E-state index contributed by atoms with van der Waals surface area (Å²) in [6.45, 7) is 0.582. The van der Waals surface area contributed by atoms with Crippen LogP contribution in [0.3, 0.4) is 0 Å². The van der Waals surface area contributed by atoms with Gasteiger partial charge in [0, 0.05) is 0 Å². The Bertz CT molecular complexity index is 299. The maximum atomic E-state index is 10.5. The Morgan fingerprint density at radius 2 is 1.79 bits per heavy atom. The number of ether oxygens (including phenoxy) is 1. The first-order valence-corrected chi connectivity index (χ1v) is 5.04. The standard InChI is InChI=1S/C12H14O2/c13-10-14-12(8-4-5-9-12)11-6-2-1-3-7-11/h1-3,6-7,10H,4-5,8-9H2. The van der Waals surface area contributed by atoms with Crippen LogP contribution >= 0.6 is 0 Å². The fourth-order valence-electron chi connectivity index (χ4n) is 2.25. The van der Waals surface area contributed by atoms with E-state index in [1.54, 1.807) is 0 Å². The highest BCUT2D eigenvalue weighted by Crippen LogP contribution is 2.41. The number of benzene rings is 1. The van der Waals surface area contributed by atoms with E-state index in [1.807, 2.05) is 30.3 Å². The van der Waals surface area contributed by atoms with E-state index >= 15 is 0 Å². The summed E-state index contributed by atoms with van der Waals surface area (Å²) in [7, 11) is 0. The molecule has 0 heterocycles. The molecule has 1 aromatic rings. The van der Waals surface area contributed by atoms with Crippen LogP contribution in [0, 0.1) is 0 Å². The monoisotopic (exact) mass is 190 g/mol. The number of carbonyl (C=O) groups excluding carboxylic acids is 1. The van der Waals surface area contributed by atoms with Crippen LogP contribution in [0.5, 0.6) is 0 Å². The van der Waals surface area contributed by atoms with Crippen molar-refractivity contribution in [3.63, 3.8) is 0 Å². The third-order valence-corrected chi connectivity index (χ3v) is 2.98. The van der Waals surface area contributed by atoms with E-state index in [0.29, 0.717) is 6.47 Å². The van der Waals surface area contributed by atoms with Crippen LogP contribution in [-0.4, -0.2) is 6.47 Å². The summed E-state index contributed by atoms with van der Waals surface area (Å²) < 4.78 is 5.30. The first-order valence-electron chi connectivity index (χ1n) is 5.04. The minimum absolute atomic E-state index is 0.330. The van der Waals surface area contributed by atoms with Gasteiger partial charge < -0.3 is 4.74 Å². The van der Waals surface area contributed by atoms with Crippen LogP contribution in [0.25, 0.3) is 0 Å². The van der Waals surface area contributed by atoms with Crippen LogP contribution in [0.15, 0.2) is 30.3 Å². The Hall–Kier alpha value is -1.31. The van der Waals surface area contributed by atoms with Crippen molar-refractivity contribution < 1.29 is 9.53 Å². The van der Waals surface area contributed by atoms with Crippen molar-refractivity contribution in [1.29, 1.82) is 0 Å². The first kappa shape index (κ1) is 9.25. The molecule has 0 spiro atoms. The maximum absolute atomic E-state index is 10.5. The molecule has 0 amide bonds. The summed E-state index contributed by atoms with van der Waals surface area (Å²) in [6, 6.07) is 10.0. The van der Waals surface area contributed by atoms with Crippen molar-refractivity contribution in [2.45, 2.75) is 31.3 Å². The molecule has 0 unspecified atom stereocenters. The summed E-state index contributed by atoms with van der Waals surface area (Å²) in [5.74, 6) is 0. The van der Waals surface area contributed by atoms with Crippen molar-refractivity contribution in [1.82, 2.24) is 0 Å². The molecule has 1 aromatic carbocycles. The number of carbonyl (C=O) groups is 1. The van der Waals surface area contributed by atoms with Gasteiger partial charge in [0.1, 0.15) is 5.60 Å². The lowest BCUT2D eigenvalue weighted by molar-refractivity contribution is -0.144. The zero-order valence-electron chi connectivity index (χ0n) is 8.11. The van der Waals surface area contributed by atoms with E-state index < -0.39 is 0 Å². The quantitative estimate of drug-likeness (QED) is 0.685. The molecule has 2 nitrogen and oxygen atoms in total. The third kappa shape index (κ3) is 1.52. The van der Waals surface area contributed by atoms with Crippen LogP contribution in [0.1, 0.15) is 31.2 Å². The Labute approximate surface area is 83.9 Å². The fourth-order valence-corrected chi connectivity index (χ4v) is 2.25. The highest BCUT2D eigenvalue weighted by Gasteiger charge is 2.37. The molecule has 0 radical (unpaired) electrons. The molecular weight excluding hydrogens is 176 g/mol. The largest absolute Gasteiger partial charge is 0.456 e. The molecule has 1 aliphatic rings. The maximum Gasteiger partial charge on any atom is 0.293 e. The minimum atomic E-state index is -0.330. The zero-order chi connectivity index (χ0) is 9.86. The summed E-state index contributed by atoms with van der Waals surface area (Å²) in [5, 5.41) is 0. The van der Waals surface area contributed by atoms with Gasteiger partial charge in [-0.25, -0.2) is 0 Å². The Balaban J connectivity index is 2.31. The van der Waals surface area contributed by atoms with Gasteiger partial charge in [-0.15, -0.1) is 0 Å². The lowest BCUT2D eigenvalue weighted by Gasteiger charge is -2.27. The van der Waals surface area contributed by atoms with Crippen molar-refractivity contribution in [2.75, 3.05) is 0 Å². The van der Waals surface area contributed by atoms with Crippen LogP contribution in [-0.2, 0) is 15.1 Å². The van der Waals surface area contributed by atoms with Crippen LogP contribution < -0.4 is 0 Å². The third-order valence-electron chi connectivity index (χ3n) is 2.98. The molecule has 0 atom stereocenters. The number of rotatable bonds is 3. The molecule has 74 valence electrons. The van der Waals surface area contributed by atoms with E-state index in [9.17, 15) is 4.79 Å². The number of hydrogen-bond donors (Lipinski definition) is 0. The molecular formula is C12H14O2. The topological polar surface area (TPSA) is 26.3 Å². The van der Waals surface area contributed by atoms with E-state index in [1.165, 1.54) is 0 Å². The molecule has 1 saturated carbocycles. The average Bonchev–Trinajstić information content (AvgIpc) is 2.70. The fraction of sp³-hybridized carbons (Fsp3) is 0.417. The van der Waals surface area contributed by atoms with Crippen molar-refractivity contribution >= 4 is 6.47 Å². The predicted octanol–water partition coefficient (Wildman–Crippen LogP) is 2.63. The molecule has 1 fully saturated rings. The highest BCUT2D eigenvalue weighted by molar-refractivity contribution is 5.40. The van der Waals surface area contributed by atoms with E-state index in [2.05, 4.69) is 0 Å². The van der Waals surface area contributed by atoms with Crippen molar-refractivity contribution in [2.24, 2.45) is 0 Å². The van der Waals surface area contributed by atoms with Crippen LogP contribution in [0.2, 0.25) is 0 Å². The van der Waals surface area contributed by atoms with Gasteiger partial charge in [-0.05, 0) is 31.2 Å². The lowest BCUT2D eigenvalue weighted by Crippen LogP contribution is -2.25. The summed E-state index contributed by atoms with van der Waals surface area (Å²) in [6.07, 6.45) is 4.19. The van der Waals surface area contributed by atoms with Crippen molar-refractivity contribution in [3.05, 3.63) is 35.9 Å². The second kappa shape index (κ2) is 3.82. The smallest absolute Gasteiger partial charge is 0.293 e. The molecule has 1 aliphatic carbocycles. The normalized spacial score (nSPS) is 19.1. The van der Waals surface area contributed by atoms with E-state index in [-0.39, 0.29) is 5.60 Å². The molecule has 2 rings (SSSR count). The Morgan fingerprint density at radius 1 is 1.14 bits per heavy atom. The molecule has 0 N–H and O–H groups in total. The highest BCUT2D eigenvalue weighted by atomic mass is 16.5. The summed E-state index contributed by atoms with van der Waals surface area (Å²) >= 11 is 0. The Kier molecular flexibility index (Phi) is 2.53. The van der Waals surface area contributed by atoms with Gasteiger partial charge >= 0.3 is 0 Å². The molecule has 0 bridgehead atoms. The van der Waals surface area contributed by atoms with E-state index in [0.717, 1.165) is 31.2 Å². The minimum Gasteiger partial charge on any atom is -0.456 e.